The number of nitrogens with one attached hydrogen (secondary N) is 1. The van der Waals surface area contributed by atoms with Gasteiger partial charge in [0.25, 0.3) is 0 Å². The number of hydrazone groups is 1. The minimum atomic E-state index is -0.0799. The van der Waals surface area contributed by atoms with Crippen molar-refractivity contribution in [2.24, 2.45) is 11.0 Å². The third-order valence-electron chi connectivity index (χ3n) is 2.78. The molecule has 3 nitrogen and oxygen atoms in total. The van der Waals surface area contributed by atoms with Crippen molar-refractivity contribution in [1.29, 1.82) is 0 Å². The van der Waals surface area contributed by atoms with Crippen molar-refractivity contribution in [2.75, 3.05) is 0 Å². The van der Waals surface area contributed by atoms with Crippen LogP contribution in [0.1, 0.15) is 18.4 Å². The molecule has 18 heavy (non-hydrogen) atoms. The number of carbonyl (C=O) groups is 1. The van der Waals surface area contributed by atoms with Crippen LogP contribution in [0.2, 0.25) is 10.0 Å². The molecule has 0 aromatic heterocycles. The van der Waals surface area contributed by atoms with Gasteiger partial charge in [0.15, 0.2) is 0 Å². The number of halogens is 2. The van der Waals surface area contributed by atoms with E-state index in [0.717, 1.165) is 18.4 Å². The lowest BCUT2D eigenvalue weighted by Crippen LogP contribution is -2.32. The smallest absolute Gasteiger partial charge is 0.243 e. The van der Waals surface area contributed by atoms with Crippen LogP contribution in [0.5, 0.6) is 0 Å². The van der Waals surface area contributed by atoms with Crippen LogP contribution in [0.25, 0.3) is 0 Å². The largest absolute Gasteiger partial charge is 0.273 e. The van der Waals surface area contributed by atoms with Crippen LogP contribution >= 0.6 is 23.2 Å². The van der Waals surface area contributed by atoms with E-state index in [1.165, 1.54) is 6.21 Å². The molecule has 0 saturated heterocycles. The van der Waals surface area contributed by atoms with Gasteiger partial charge in [0.2, 0.25) is 5.91 Å². The fraction of sp³-hybridized carbons (Fsp3) is 0.231. The van der Waals surface area contributed by atoms with Gasteiger partial charge in [-0.25, -0.2) is 5.43 Å². The number of hydrogen-bond donors (Lipinski definition) is 1. The Balaban J connectivity index is 1.91. The minimum absolute atomic E-state index is 0.00957. The fourth-order valence-corrected chi connectivity index (χ4v) is 2.14. The zero-order valence-electron chi connectivity index (χ0n) is 9.62. The first kappa shape index (κ1) is 13.1. The van der Waals surface area contributed by atoms with Gasteiger partial charge >= 0.3 is 0 Å². The minimum Gasteiger partial charge on any atom is -0.273 e. The van der Waals surface area contributed by atoms with Crippen LogP contribution in [-0.2, 0) is 4.79 Å². The Kier molecular flexibility index (Phi) is 4.04. The summed E-state index contributed by atoms with van der Waals surface area (Å²) in [7, 11) is 0. The number of allylic oxidation sites excluding steroid dienone is 1. The highest BCUT2D eigenvalue weighted by molar-refractivity contribution is 6.36. The monoisotopic (exact) mass is 282 g/mol. The van der Waals surface area contributed by atoms with Gasteiger partial charge in [-0.3, -0.25) is 4.79 Å². The highest BCUT2D eigenvalue weighted by atomic mass is 35.5. The first-order valence-corrected chi connectivity index (χ1v) is 6.26. The molecular formula is C13H12Cl2N2O. The Morgan fingerprint density at radius 2 is 2.17 bits per heavy atom. The summed E-state index contributed by atoms with van der Waals surface area (Å²) < 4.78 is 0. The fourth-order valence-electron chi connectivity index (χ4n) is 1.69. The van der Waals surface area contributed by atoms with E-state index in [9.17, 15) is 4.79 Å². The lowest BCUT2D eigenvalue weighted by molar-refractivity contribution is -0.126. The molecule has 1 fully saturated rings. The molecule has 1 amide bonds. The second-order valence-electron chi connectivity index (χ2n) is 4.26. The SMILES string of the molecule is C=C1CC(C(=O)NN=Cc2ccc(Cl)cc2Cl)C1. The van der Waals surface area contributed by atoms with E-state index in [0.29, 0.717) is 15.6 Å². The number of amides is 1. The molecule has 1 aromatic carbocycles. The van der Waals surface area contributed by atoms with Crippen LogP contribution in [0.4, 0.5) is 0 Å². The summed E-state index contributed by atoms with van der Waals surface area (Å²) in [6, 6.07) is 5.08. The van der Waals surface area contributed by atoms with Crippen molar-refractivity contribution < 1.29 is 4.79 Å². The molecule has 0 unspecified atom stereocenters. The first-order chi connectivity index (χ1) is 8.56. The van der Waals surface area contributed by atoms with Crippen LogP contribution in [0, 0.1) is 5.92 Å². The van der Waals surface area contributed by atoms with Crippen molar-refractivity contribution in [3.05, 3.63) is 46.0 Å². The highest BCUT2D eigenvalue weighted by Gasteiger charge is 2.27. The van der Waals surface area contributed by atoms with E-state index in [1.54, 1.807) is 18.2 Å². The summed E-state index contributed by atoms with van der Waals surface area (Å²) in [4.78, 5) is 11.6. The number of benzene rings is 1. The Hall–Kier alpha value is -1.32. The second kappa shape index (κ2) is 5.55. The topological polar surface area (TPSA) is 41.5 Å². The molecule has 1 saturated carbocycles. The van der Waals surface area contributed by atoms with Crippen molar-refractivity contribution >= 4 is 35.3 Å². The second-order valence-corrected chi connectivity index (χ2v) is 5.10. The quantitative estimate of drug-likeness (QED) is 0.515. The van der Waals surface area contributed by atoms with E-state index >= 15 is 0 Å². The maximum Gasteiger partial charge on any atom is 0.243 e. The molecule has 1 aromatic rings. The van der Waals surface area contributed by atoms with Gasteiger partial charge in [-0.1, -0.05) is 41.4 Å². The van der Waals surface area contributed by atoms with Crippen LogP contribution < -0.4 is 5.43 Å². The molecule has 0 spiro atoms. The van der Waals surface area contributed by atoms with Gasteiger partial charge in [0, 0.05) is 16.5 Å². The molecule has 0 bridgehead atoms. The third-order valence-corrected chi connectivity index (χ3v) is 3.34. The average Bonchev–Trinajstić information content (AvgIpc) is 2.27. The Morgan fingerprint density at radius 3 is 2.78 bits per heavy atom. The van der Waals surface area contributed by atoms with E-state index in [4.69, 9.17) is 23.2 Å². The zero-order valence-corrected chi connectivity index (χ0v) is 11.1. The lowest BCUT2D eigenvalue weighted by Gasteiger charge is -2.25. The van der Waals surface area contributed by atoms with E-state index in [1.807, 2.05) is 0 Å². The maximum atomic E-state index is 11.6. The third kappa shape index (κ3) is 3.12. The van der Waals surface area contributed by atoms with Crippen LogP contribution in [0.15, 0.2) is 35.5 Å². The van der Waals surface area contributed by atoms with Crippen molar-refractivity contribution in [3.8, 4) is 0 Å². The normalized spacial score (nSPS) is 15.8. The summed E-state index contributed by atoms with van der Waals surface area (Å²) in [5.74, 6) is -0.0703. The summed E-state index contributed by atoms with van der Waals surface area (Å²) >= 11 is 11.7. The van der Waals surface area contributed by atoms with E-state index < -0.39 is 0 Å². The van der Waals surface area contributed by atoms with E-state index in [-0.39, 0.29) is 11.8 Å². The maximum absolute atomic E-state index is 11.6. The summed E-state index contributed by atoms with van der Waals surface area (Å²) in [5, 5.41) is 4.94. The predicted octanol–water partition coefficient (Wildman–Crippen LogP) is 3.41. The van der Waals surface area contributed by atoms with Gasteiger partial charge in [-0.15, -0.1) is 0 Å². The average molecular weight is 283 g/mol. The number of nitrogens with zero attached hydrogens (tertiary/aromatic N) is 1. The summed E-state index contributed by atoms with van der Waals surface area (Å²) in [6.45, 7) is 3.79. The van der Waals surface area contributed by atoms with Crippen molar-refractivity contribution in [1.82, 2.24) is 5.43 Å². The Labute approximate surface area is 115 Å². The summed E-state index contributed by atoms with van der Waals surface area (Å²) in [5.41, 5.74) is 4.31. The van der Waals surface area contributed by atoms with E-state index in [2.05, 4.69) is 17.1 Å². The predicted molar refractivity (Wildman–Crippen MR) is 74.1 cm³/mol. The van der Waals surface area contributed by atoms with Gasteiger partial charge in [0.1, 0.15) is 0 Å². The Bertz CT molecular complexity index is 518. The molecule has 0 aliphatic heterocycles. The lowest BCUT2D eigenvalue weighted by atomic mass is 9.81. The molecular weight excluding hydrogens is 271 g/mol. The standard InChI is InChI=1S/C13H12Cl2N2O/c1-8-4-10(5-8)13(18)17-16-7-9-2-3-11(14)6-12(9)15/h2-3,6-7,10H,1,4-5H2,(H,17,18). The van der Waals surface area contributed by atoms with Gasteiger partial charge in [0.05, 0.1) is 11.2 Å². The molecule has 1 aliphatic carbocycles. The van der Waals surface area contributed by atoms with Gasteiger partial charge in [-0.2, -0.15) is 5.10 Å². The number of rotatable bonds is 3. The zero-order chi connectivity index (χ0) is 13.1. The molecule has 0 atom stereocenters. The molecule has 94 valence electrons. The van der Waals surface area contributed by atoms with Crippen LogP contribution in [-0.4, -0.2) is 12.1 Å². The molecule has 5 heteroatoms. The van der Waals surface area contributed by atoms with Gasteiger partial charge < -0.3 is 0 Å². The van der Waals surface area contributed by atoms with Crippen molar-refractivity contribution in [3.63, 3.8) is 0 Å². The Morgan fingerprint density at radius 1 is 1.44 bits per heavy atom. The summed E-state index contributed by atoms with van der Waals surface area (Å²) in [6.07, 6.45) is 3.01. The molecule has 0 heterocycles. The van der Waals surface area contributed by atoms with Crippen molar-refractivity contribution in [2.45, 2.75) is 12.8 Å². The molecule has 0 radical (unpaired) electrons. The number of hydrogen-bond acceptors (Lipinski definition) is 2. The molecule has 1 N–H and O–H groups in total. The van der Waals surface area contributed by atoms with Crippen LogP contribution in [0.3, 0.4) is 0 Å². The van der Waals surface area contributed by atoms with Gasteiger partial charge in [-0.05, 0) is 25.0 Å². The molecule has 1 aliphatic rings. The molecule has 2 rings (SSSR count). The highest BCUT2D eigenvalue weighted by Crippen LogP contribution is 2.31. The first-order valence-electron chi connectivity index (χ1n) is 5.51. The number of carbonyl (C=O) groups excluding carboxylic acids is 1.